The molecule has 3 rings (SSSR count). The molecule has 1 N–H and O–H groups in total. The highest BCUT2D eigenvalue weighted by Gasteiger charge is 2.10. The van der Waals surface area contributed by atoms with Crippen molar-refractivity contribution in [3.63, 3.8) is 0 Å². The molecule has 0 unspecified atom stereocenters. The topological polar surface area (TPSA) is 59.4 Å². The molecule has 0 saturated heterocycles. The first-order chi connectivity index (χ1) is 10.1. The van der Waals surface area contributed by atoms with Crippen LogP contribution in [-0.4, -0.2) is 16.1 Å². The van der Waals surface area contributed by atoms with Crippen molar-refractivity contribution in [2.24, 2.45) is 0 Å². The van der Waals surface area contributed by atoms with Crippen LogP contribution in [0.5, 0.6) is 5.75 Å². The van der Waals surface area contributed by atoms with Gasteiger partial charge in [-0.05, 0) is 18.2 Å². The highest BCUT2D eigenvalue weighted by atomic mass is 32.1. The summed E-state index contributed by atoms with van der Waals surface area (Å²) in [7, 11) is 0. The molecule has 0 amide bonds. The lowest BCUT2D eigenvalue weighted by Crippen LogP contribution is -1.98. The second-order valence-electron chi connectivity index (χ2n) is 4.35. The number of halogens is 1. The van der Waals surface area contributed by atoms with Gasteiger partial charge >= 0.3 is 5.97 Å². The lowest BCUT2D eigenvalue weighted by molar-refractivity contribution is 0.0702. The van der Waals surface area contributed by atoms with Crippen molar-refractivity contribution in [3.05, 3.63) is 58.2 Å². The van der Waals surface area contributed by atoms with Crippen LogP contribution in [0.1, 0.15) is 15.2 Å². The Morgan fingerprint density at radius 1 is 1.38 bits per heavy atom. The predicted octanol–water partition coefficient (Wildman–Crippen LogP) is 3.71. The maximum Gasteiger partial charge on any atom is 0.346 e. The first-order valence-electron chi connectivity index (χ1n) is 6.12. The molecule has 106 valence electrons. The molecule has 0 aliphatic heterocycles. The minimum atomic E-state index is -0.983. The molecule has 0 saturated carbocycles. The number of carboxylic acid groups (broad SMARTS) is 1. The molecule has 2 heterocycles. The second-order valence-corrected chi connectivity index (χ2v) is 5.26. The van der Waals surface area contributed by atoms with Gasteiger partial charge in [0, 0.05) is 28.6 Å². The van der Waals surface area contributed by atoms with Gasteiger partial charge in [-0.25, -0.2) is 9.18 Å². The van der Waals surface area contributed by atoms with E-state index < -0.39 is 5.97 Å². The average Bonchev–Trinajstić information content (AvgIpc) is 2.96. The van der Waals surface area contributed by atoms with E-state index in [-0.39, 0.29) is 17.3 Å². The standard InChI is InChI=1S/C15H10FNO3S/c16-12-4-3-9(14-11(12)2-1-5-17-14)7-20-10-6-13(15(18)19)21-8-10/h1-6,8H,7H2,(H,18,19). The van der Waals surface area contributed by atoms with Crippen LogP contribution in [0.15, 0.2) is 41.9 Å². The molecular weight excluding hydrogens is 293 g/mol. The number of carbonyl (C=O) groups is 1. The van der Waals surface area contributed by atoms with Crippen molar-refractivity contribution in [2.45, 2.75) is 6.61 Å². The number of pyridine rings is 1. The fourth-order valence-electron chi connectivity index (χ4n) is 1.98. The van der Waals surface area contributed by atoms with Gasteiger partial charge in [-0.15, -0.1) is 11.3 Å². The monoisotopic (exact) mass is 303 g/mol. The van der Waals surface area contributed by atoms with Crippen molar-refractivity contribution >= 4 is 28.2 Å². The number of fused-ring (bicyclic) bond motifs is 1. The minimum Gasteiger partial charge on any atom is -0.488 e. The lowest BCUT2D eigenvalue weighted by atomic mass is 10.1. The molecular formula is C15H10FNO3S. The Kier molecular flexibility index (Phi) is 3.53. The van der Waals surface area contributed by atoms with E-state index in [4.69, 9.17) is 9.84 Å². The van der Waals surface area contributed by atoms with E-state index in [1.54, 1.807) is 29.8 Å². The summed E-state index contributed by atoms with van der Waals surface area (Å²) in [6.45, 7) is 0.198. The van der Waals surface area contributed by atoms with E-state index in [0.717, 1.165) is 16.9 Å². The largest absolute Gasteiger partial charge is 0.488 e. The summed E-state index contributed by atoms with van der Waals surface area (Å²) >= 11 is 1.10. The summed E-state index contributed by atoms with van der Waals surface area (Å²) in [5.74, 6) is -0.833. The maximum atomic E-state index is 13.7. The molecule has 3 aromatic rings. The van der Waals surface area contributed by atoms with E-state index in [0.29, 0.717) is 16.7 Å². The van der Waals surface area contributed by atoms with Crippen molar-refractivity contribution < 1.29 is 19.0 Å². The molecule has 0 bridgehead atoms. The van der Waals surface area contributed by atoms with Crippen LogP contribution in [0, 0.1) is 5.82 Å². The van der Waals surface area contributed by atoms with Gasteiger partial charge in [0.2, 0.25) is 0 Å². The Morgan fingerprint density at radius 2 is 2.24 bits per heavy atom. The maximum absolute atomic E-state index is 13.7. The third-order valence-electron chi connectivity index (χ3n) is 2.98. The number of aromatic nitrogens is 1. The predicted molar refractivity (Wildman–Crippen MR) is 77.3 cm³/mol. The van der Waals surface area contributed by atoms with E-state index in [2.05, 4.69) is 4.98 Å². The van der Waals surface area contributed by atoms with Crippen LogP contribution < -0.4 is 4.74 Å². The number of hydrogen-bond donors (Lipinski definition) is 1. The third-order valence-corrected chi connectivity index (χ3v) is 3.88. The Morgan fingerprint density at radius 3 is 3.00 bits per heavy atom. The fourth-order valence-corrected chi connectivity index (χ4v) is 2.64. The Labute approximate surface area is 123 Å². The number of thiophene rings is 1. The number of nitrogens with zero attached hydrogens (tertiary/aromatic N) is 1. The summed E-state index contributed by atoms with van der Waals surface area (Å²) in [6, 6.07) is 7.79. The van der Waals surface area contributed by atoms with Gasteiger partial charge in [0.1, 0.15) is 23.1 Å². The molecule has 0 fully saturated rings. The van der Waals surface area contributed by atoms with Crippen LogP contribution in [0.4, 0.5) is 4.39 Å². The molecule has 0 radical (unpaired) electrons. The summed E-state index contributed by atoms with van der Waals surface area (Å²) in [4.78, 5) is 15.2. The molecule has 4 nitrogen and oxygen atoms in total. The highest BCUT2D eigenvalue weighted by Crippen LogP contribution is 2.24. The normalized spacial score (nSPS) is 10.7. The van der Waals surface area contributed by atoms with Crippen LogP contribution in [0.3, 0.4) is 0 Å². The molecule has 6 heteroatoms. The van der Waals surface area contributed by atoms with Crippen molar-refractivity contribution in [1.82, 2.24) is 4.98 Å². The molecule has 0 atom stereocenters. The van der Waals surface area contributed by atoms with Crippen molar-refractivity contribution in [3.8, 4) is 5.75 Å². The van der Waals surface area contributed by atoms with Gasteiger partial charge in [0.05, 0.1) is 5.52 Å². The molecule has 0 aliphatic carbocycles. The number of benzene rings is 1. The number of ether oxygens (including phenoxy) is 1. The molecule has 2 aromatic heterocycles. The summed E-state index contributed by atoms with van der Waals surface area (Å²) in [5, 5.41) is 10.9. The quantitative estimate of drug-likeness (QED) is 0.798. The van der Waals surface area contributed by atoms with Gasteiger partial charge in [0.25, 0.3) is 0 Å². The zero-order valence-corrected chi connectivity index (χ0v) is 11.6. The molecule has 0 aliphatic rings. The Hall–Kier alpha value is -2.47. The smallest absolute Gasteiger partial charge is 0.346 e. The van der Waals surface area contributed by atoms with Gasteiger partial charge in [-0.3, -0.25) is 4.98 Å². The van der Waals surface area contributed by atoms with Crippen LogP contribution in [-0.2, 0) is 6.61 Å². The van der Waals surface area contributed by atoms with Crippen LogP contribution in [0.25, 0.3) is 10.9 Å². The Balaban J connectivity index is 1.85. The average molecular weight is 303 g/mol. The van der Waals surface area contributed by atoms with Crippen molar-refractivity contribution in [2.75, 3.05) is 0 Å². The van der Waals surface area contributed by atoms with Gasteiger partial charge in [0.15, 0.2) is 0 Å². The fraction of sp³-hybridized carbons (Fsp3) is 0.0667. The minimum absolute atomic E-state index is 0.198. The van der Waals surface area contributed by atoms with E-state index >= 15 is 0 Å². The number of rotatable bonds is 4. The van der Waals surface area contributed by atoms with Gasteiger partial charge < -0.3 is 9.84 Å². The molecule has 1 aromatic carbocycles. The van der Waals surface area contributed by atoms with Gasteiger partial charge in [-0.2, -0.15) is 0 Å². The first kappa shape index (κ1) is 13.5. The lowest BCUT2D eigenvalue weighted by Gasteiger charge is -2.07. The van der Waals surface area contributed by atoms with Crippen LogP contribution in [0.2, 0.25) is 0 Å². The molecule has 21 heavy (non-hydrogen) atoms. The van der Waals surface area contributed by atoms with Gasteiger partial charge in [-0.1, -0.05) is 6.07 Å². The SMILES string of the molecule is O=C(O)c1cc(OCc2ccc(F)c3cccnc23)cs1. The third kappa shape index (κ3) is 2.71. The second kappa shape index (κ2) is 5.49. The van der Waals surface area contributed by atoms with Crippen molar-refractivity contribution in [1.29, 1.82) is 0 Å². The summed E-state index contributed by atoms with van der Waals surface area (Å²) < 4.78 is 19.2. The van der Waals surface area contributed by atoms with E-state index in [9.17, 15) is 9.18 Å². The zero-order chi connectivity index (χ0) is 14.8. The number of aromatic carboxylic acids is 1. The zero-order valence-electron chi connectivity index (χ0n) is 10.7. The summed E-state index contributed by atoms with van der Waals surface area (Å²) in [5.41, 5.74) is 1.29. The highest BCUT2D eigenvalue weighted by molar-refractivity contribution is 7.12. The molecule has 0 spiro atoms. The number of carboxylic acids is 1. The van der Waals surface area contributed by atoms with E-state index in [1.807, 2.05) is 0 Å². The van der Waals surface area contributed by atoms with E-state index in [1.165, 1.54) is 12.1 Å². The number of hydrogen-bond acceptors (Lipinski definition) is 4. The van der Waals surface area contributed by atoms with Crippen LogP contribution >= 0.6 is 11.3 Å². The summed E-state index contributed by atoms with van der Waals surface area (Å²) in [6.07, 6.45) is 1.60. The first-order valence-corrected chi connectivity index (χ1v) is 7.00. The Bertz CT molecular complexity index is 816.